The van der Waals surface area contributed by atoms with Gasteiger partial charge in [0.1, 0.15) is 0 Å². The van der Waals surface area contributed by atoms with Crippen molar-refractivity contribution in [1.29, 1.82) is 0 Å². The summed E-state index contributed by atoms with van der Waals surface area (Å²) in [5.74, 6) is 0.823. The van der Waals surface area contributed by atoms with Crippen LogP contribution in [0.2, 0.25) is 0 Å². The summed E-state index contributed by atoms with van der Waals surface area (Å²) in [6.07, 6.45) is 4.26. The maximum Gasteiger partial charge on any atom is 0.0988 e. The third kappa shape index (κ3) is 1.90. The van der Waals surface area contributed by atoms with Gasteiger partial charge in [0.05, 0.1) is 19.3 Å². The van der Waals surface area contributed by atoms with Gasteiger partial charge in [-0.15, -0.1) is 0 Å². The van der Waals surface area contributed by atoms with E-state index in [4.69, 9.17) is 4.74 Å². The molecule has 2 nitrogen and oxygen atoms in total. The predicted molar refractivity (Wildman–Crippen MR) is 77.6 cm³/mol. The van der Waals surface area contributed by atoms with Crippen molar-refractivity contribution in [1.82, 2.24) is 4.57 Å². The van der Waals surface area contributed by atoms with E-state index in [-0.39, 0.29) is 0 Å². The predicted octanol–water partition coefficient (Wildman–Crippen LogP) is 3.47. The van der Waals surface area contributed by atoms with Crippen molar-refractivity contribution in [2.45, 2.75) is 45.8 Å². The molecule has 1 saturated heterocycles. The Morgan fingerprint density at radius 2 is 2.21 bits per heavy atom. The largest absolute Gasteiger partial charge is 0.371 e. The number of fused-ring (bicyclic) bond motifs is 3. The molecule has 100 valence electrons. The van der Waals surface area contributed by atoms with Crippen LogP contribution in [0.5, 0.6) is 0 Å². The van der Waals surface area contributed by atoms with Gasteiger partial charge in [-0.1, -0.05) is 18.6 Å². The van der Waals surface area contributed by atoms with Gasteiger partial charge in [0.25, 0.3) is 0 Å². The third-order valence-corrected chi connectivity index (χ3v) is 4.66. The lowest BCUT2D eigenvalue weighted by Crippen LogP contribution is -2.15. The fourth-order valence-electron chi connectivity index (χ4n) is 3.52. The van der Waals surface area contributed by atoms with Crippen molar-refractivity contribution in [2.24, 2.45) is 5.92 Å². The number of hydrogen-bond acceptors (Lipinski definition) is 1. The minimum absolute atomic E-state index is 0.459. The van der Waals surface area contributed by atoms with Crippen LogP contribution in [0.25, 0.3) is 10.9 Å². The highest BCUT2D eigenvalue weighted by Crippen LogP contribution is 2.35. The minimum atomic E-state index is 0.459. The molecule has 4 rings (SSSR count). The summed E-state index contributed by atoms with van der Waals surface area (Å²) in [4.78, 5) is 0. The highest BCUT2D eigenvalue weighted by molar-refractivity contribution is 5.86. The summed E-state index contributed by atoms with van der Waals surface area (Å²) in [5.41, 5.74) is 5.97. The molecule has 0 radical (unpaired) electrons. The molecular formula is C17H21NO. The van der Waals surface area contributed by atoms with Crippen LogP contribution in [0.4, 0.5) is 0 Å². The van der Waals surface area contributed by atoms with E-state index < -0.39 is 0 Å². The smallest absolute Gasteiger partial charge is 0.0988 e. The molecule has 2 heterocycles. The molecule has 0 spiro atoms. The van der Waals surface area contributed by atoms with Gasteiger partial charge >= 0.3 is 0 Å². The first-order valence-electron chi connectivity index (χ1n) is 7.44. The number of rotatable bonds is 2. The summed E-state index contributed by atoms with van der Waals surface area (Å²) in [6, 6.07) is 6.91. The van der Waals surface area contributed by atoms with E-state index in [1.165, 1.54) is 35.7 Å². The zero-order valence-electron chi connectivity index (χ0n) is 11.8. The lowest BCUT2D eigenvalue weighted by molar-refractivity contribution is 0.380. The monoisotopic (exact) mass is 255 g/mol. The number of aryl methyl sites for hydroxylation is 1. The minimum Gasteiger partial charge on any atom is -0.371 e. The Bertz CT molecular complexity index is 636. The Kier molecular flexibility index (Phi) is 2.49. The second kappa shape index (κ2) is 4.11. The SMILES string of the molecule is Cc1ccc2c(c1)c1c(n2CC2CO2)CCC(C)C1. The average molecular weight is 255 g/mol. The molecular weight excluding hydrogens is 234 g/mol. The van der Waals surface area contributed by atoms with E-state index >= 15 is 0 Å². The van der Waals surface area contributed by atoms with E-state index in [2.05, 4.69) is 36.6 Å². The van der Waals surface area contributed by atoms with Crippen LogP contribution in [-0.2, 0) is 24.1 Å². The third-order valence-electron chi connectivity index (χ3n) is 4.66. The van der Waals surface area contributed by atoms with Crippen LogP contribution in [0.15, 0.2) is 18.2 Å². The highest BCUT2D eigenvalue weighted by atomic mass is 16.6. The van der Waals surface area contributed by atoms with E-state index in [1.807, 2.05) is 0 Å². The maximum absolute atomic E-state index is 5.45. The van der Waals surface area contributed by atoms with Gasteiger partial charge in [0, 0.05) is 16.6 Å². The Labute approximate surface area is 114 Å². The van der Waals surface area contributed by atoms with E-state index in [0.29, 0.717) is 6.10 Å². The maximum atomic E-state index is 5.45. The topological polar surface area (TPSA) is 17.5 Å². The first kappa shape index (κ1) is 11.5. The lowest BCUT2D eigenvalue weighted by Gasteiger charge is -2.20. The Morgan fingerprint density at radius 1 is 1.37 bits per heavy atom. The first-order chi connectivity index (χ1) is 9.22. The van der Waals surface area contributed by atoms with Crippen molar-refractivity contribution < 1.29 is 4.74 Å². The molecule has 0 bridgehead atoms. The van der Waals surface area contributed by atoms with Gasteiger partial charge in [0.15, 0.2) is 0 Å². The molecule has 2 heteroatoms. The second-order valence-corrected chi connectivity index (χ2v) is 6.36. The number of epoxide rings is 1. The Balaban J connectivity index is 1.93. The van der Waals surface area contributed by atoms with Crippen LogP contribution >= 0.6 is 0 Å². The summed E-state index contributed by atoms with van der Waals surface area (Å²) < 4.78 is 7.98. The molecule has 2 aliphatic rings. The Hall–Kier alpha value is -1.28. The molecule has 2 atom stereocenters. The number of aromatic nitrogens is 1. The van der Waals surface area contributed by atoms with Gasteiger partial charge in [-0.2, -0.15) is 0 Å². The van der Waals surface area contributed by atoms with Gasteiger partial charge < -0.3 is 9.30 Å². The van der Waals surface area contributed by atoms with Gasteiger partial charge in [-0.25, -0.2) is 0 Å². The first-order valence-corrected chi connectivity index (χ1v) is 7.44. The molecule has 1 fully saturated rings. The molecule has 1 aliphatic carbocycles. The Morgan fingerprint density at radius 3 is 3.00 bits per heavy atom. The van der Waals surface area contributed by atoms with Crippen LogP contribution in [0.1, 0.15) is 30.2 Å². The fourth-order valence-corrected chi connectivity index (χ4v) is 3.52. The average Bonchev–Trinajstić information content (AvgIpc) is 3.16. The quantitative estimate of drug-likeness (QED) is 0.751. The molecule has 1 aliphatic heterocycles. The normalized spacial score (nSPS) is 25.6. The van der Waals surface area contributed by atoms with E-state index in [1.54, 1.807) is 11.3 Å². The van der Waals surface area contributed by atoms with Gasteiger partial charge in [0.2, 0.25) is 0 Å². The molecule has 19 heavy (non-hydrogen) atoms. The zero-order chi connectivity index (χ0) is 13.0. The van der Waals surface area contributed by atoms with E-state index in [9.17, 15) is 0 Å². The van der Waals surface area contributed by atoms with Crippen molar-refractivity contribution in [3.05, 3.63) is 35.0 Å². The molecule has 0 amide bonds. The van der Waals surface area contributed by atoms with Crippen molar-refractivity contribution in [3.63, 3.8) is 0 Å². The van der Waals surface area contributed by atoms with Crippen LogP contribution < -0.4 is 0 Å². The molecule has 1 aromatic heterocycles. The molecule has 2 unspecified atom stereocenters. The lowest BCUT2D eigenvalue weighted by atomic mass is 9.87. The zero-order valence-corrected chi connectivity index (χ0v) is 11.8. The molecule has 1 aromatic carbocycles. The van der Waals surface area contributed by atoms with Crippen molar-refractivity contribution in [3.8, 4) is 0 Å². The number of benzene rings is 1. The standard InChI is InChI=1S/C17H21NO/c1-11-3-5-16-14(7-11)15-8-12(2)4-6-17(15)18(16)9-13-10-19-13/h3,5,7,12-13H,4,6,8-10H2,1-2H3. The van der Waals surface area contributed by atoms with Crippen LogP contribution in [-0.4, -0.2) is 17.3 Å². The van der Waals surface area contributed by atoms with Gasteiger partial charge in [-0.3, -0.25) is 0 Å². The van der Waals surface area contributed by atoms with Crippen LogP contribution in [0, 0.1) is 12.8 Å². The van der Waals surface area contributed by atoms with Gasteiger partial charge in [-0.05, 0) is 49.8 Å². The van der Waals surface area contributed by atoms with E-state index in [0.717, 1.165) is 19.1 Å². The van der Waals surface area contributed by atoms with Crippen molar-refractivity contribution >= 4 is 10.9 Å². The molecule has 0 N–H and O–H groups in total. The summed E-state index contributed by atoms with van der Waals surface area (Å²) in [5, 5.41) is 1.49. The number of nitrogens with zero attached hydrogens (tertiary/aromatic N) is 1. The number of ether oxygens (including phenoxy) is 1. The summed E-state index contributed by atoms with van der Waals surface area (Å²) in [6.45, 7) is 6.56. The van der Waals surface area contributed by atoms with Crippen LogP contribution in [0.3, 0.4) is 0 Å². The summed E-state index contributed by atoms with van der Waals surface area (Å²) >= 11 is 0. The molecule has 2 aromatic rings. The fraction of sp³-hybridized carbons (Fsp3) is 0.529. The summed E-state index contributed by atoms with van der Waals surface area (Å²) in [7, 11) is 0. The molecule has 0 saturated carbocycles. The van der Waals surface area contributed by atoms with Crippen molar-refractivity contribution in [2.75, 3.05) is 6.61 Å². The highest BCUT2D eigenvalue weighted by Gasteiger charge is 2.28. The number of hydrogen-bond donors (Lipinski definition) is 0. The second-order valence-electron chi connectivity index (χ2n) is 6.36.